The smallest absolute Gasteiger partial charge is 0.0668 e. The Morgan fingerprint density at radius 3 is 2.67 bits per heavy atom. The van der Waals surface area contributed by atoms with Crippen molar-refractivity contribution in [1.82, 2.24) is 5.32 Å². The molecule has 0 aromatic carbocycles. The number of hydrogen-bond donors (Lipinski definition) is 1. The lowest BCUT2D eigenvalue weighted by atomic mass is 10.1. The lowest BCUT2D eigenvalue weighted by Crippen LogP contribution is -2.30. The van der Waals surface area contributed by atoms with Crippen LogP contribution in [-0.4, -0.2) is 18.8 Å². The molecule has 1 heterocycles. The second-order valence-electron chi connectivity index (χ2n) is 4.59. The third kappa shape index (κ3) is 4.78. The van der Waals surface area contributed by atoms with Gasteiger partial charge in [-0.05, 0) is 49.7 Å². The summed E-state index contributed by atoms with van der Waals surface area (Å²) in [7, 11) is 0. The minimum Gasteiger partial charge on any atom is -0.374 e. The van der Waals surface area contributed by atoms with E-state index in [9.17, 15) is 0 Å². The average molecular weight is 227 g/mol. The van der Waals surface area contributed by atoms with Gasteiger partial charge in [0.1, 0.15) is 0 Å². The quantitative estimate of drug-likeness (QED) is 0.834. The molecular weight excluding hydrogens is 206 g/mol. The molecule has 0 saturated heterocycles. The highest BCUT2D eigenvalue weighted by Gasteiger charge is 2.16. The molecule has 0 fully saturated rings. The average Bonchev–Trinajstić information content (AvgIpc) is 2.63. The molecule has 1 aromatic heterocycles. The Labute approximate surface area is 96.7 Å². The van der Waals surface area contributed by atoms with Crippen molar-refractivity contribution in [2.24, 2.45) is 0 Å². The third-order valence-corrected chi connectivity index (χ3v) is 2.78. The van der Waals surface area contributed by atoms with E-state index in [2.05, 4.69) is 49.8 Å². The summed E-state index contributed by atoms with van der Waals surface area (Å²) in [6, 6.07) is 2.48. The van der Waals surface area contributed by atoms with Crippen LogP contribution in [0.4, 0.5) is 0 Å². The molecule has 1 unspecified atom stereocenters. The molecule has 0 amide bonds. The van der Waals surface area contributed by atoms with E-state index in [-0.39, 0.29) is 5.60 Å². The van der Waals surface area contributed by atoms with Gasteiger partial charge in [0.05, 0.1) is 18.2 Å². The predicted molar refractivity (Wildman–Crippen MR) is 66.4 cm³/mol. The second kappa shape index (κ2) is 5.64. The molecule has 0 radical (unpaired) electrons. The zero-order chi connectivity index (χ0) is 11.3. The first-order valence-electron chi connectivity index (χ1n) is 5.42. The summed E-state index contributed by atoms with van der Waals surface area (Å²) in [4.78, 5) is 0. The first kappa shape index (κ1) is 12.7. The van der Waals surface area contributed by atoms with Crippen molar-refractivity contribution in [2.45, 2.75) is 39.3 Å². The highest BCUT2D eigenvalue weighted by atomic mass is 32.1. The summed E-state index contributed by atoms with van der Waals surface area (Å²) in [5.74, 6) is 0. The molecule has 0 saturated carbocycles. The zero-order valence-corrected chi connectivity index (χ0v) is 10.9. The minimum absolute atomic E-state index is 0.0658. The normalized spacial score (nSPS) is 14.1. The molecule has 0 spiro atoms. The Bertz CT molecular complexity index is 264. The minimum atomic E-state index is -0.0658. The Morgan fingerprint density at radius 2 is 2.20 bits per heavy atom. The van der Waals surface area contributed by atoms with Crippen molar-refractivity contribution >= 4 is 11.3 Å². The fourth-order valence-electron chi connectivity index (χ4n) is 1.33. The molecule has 1 rings (SSSR count). The molecule has 86 valence electrons. The molecule has 0 aliphatic rings. The molecule has 0 aliphatic heterocycles. The highest BCUT2D eigenvalue weighted by molar-refractivity contribution is 7.07. The van der Waals surface area contributed by atoms with E-state index in [4.69, 9.17) is 4.74 Å². The van der Waals surface area contributed by atoms with Gasteiger partial charge in [-0.2, -0.15) is 11.3 Å². The molecular formula is C12H21NOS. The molecule has 3 heteroatoms. The first-order valence-corrected chi connectivity index (χ1v) is 6.36. The number of likely N-dealkylation sites (N-methyl/N-ethyl adjacent to an activating group) is 1. The van der Waals surface area contributed by atoms with Crippen LogP contribution < -0.4 is 5.32 Å². The van der Waals surface area contributed by atoms with E-state index >= 15 is 0 Å². The molecule has 0 aliphatic carbocycles. The number of hydrogen-bond acceptors (Lipinski definition) is 3. The SMILES string of the molecule is CCNC(COC(C)(C)C)c1ccsc1. The number of rotatable bonds is 5. The maximum atomic E-state index is 5.81. The summed E-state index contributed by atoms with van der Waals surface area (Å²) in [6.45, 7) is 10.1. The van der Waals surface area contributed by atoms with Gasteiger partial charge in [-0.1, -0.05) is 6.92 Å². The third-order valence-electron chi connectivity index (χ3n) is 2.08. The van der Waals surface area contributed by atoms with Gasteiger partial charge in [-0.3, -0.25) is 0 Å². The Balaban J connectivity index is 2.52. The standard InChI is InChI=1S/C12H21NOS/c1-5-13-11(8-14-12(2,3)4)10-6-7-15-9-10/h6-7,9,11,13H,5,8H2,1-4H3. The Morgan fingerprint density at radius 1 is 1.47 bits per heavy atom. The van der Waals surface area contributed by atoms with Gasteiger partial charge in [-0.15, -0.1) is 0 Å². The van der Waals surface area contributed by atoms with Crippen LogP contribution in [0.1, 0.15) is 39.3 Å². The number of nitrogens with one attached hydrogen (secondary N) is 1. The van der Waals surface area contributed by atoms with E-state index in [1.54, 1.807) is 11.3 Å². The topological polar surface area (TPSA) is 21.3 Å². The van der Waals surface area contributed by atoms with Crippen molar-refractivity contribution in [3.8, 4) is 0 Å². The highest BCUT2D eigenvalue weighted by Crippen LogP contribution is 2.19. The van der Waals surface area contributed by atoms with E-state index in [1.165, 1.54) is 5.56 Å². The monoisotopic (exact) mass is 227 g/mol. The van der Waals surface area contributed by atoms with E-state index in [0.29, 0.717) is 6.04 Å². The van der Waals surface area contributed by atoms with Crippen LogP contribution >= 0.6 is 11.3 Å². The van der Waals surface area contributed by atoms with Crippen LogP contribution in [0.2, 0.25) is 0 Å². The first-order chi connectivity index (χ1) is 7.03. The van der Waals surface area contributed by atoms with Gasteiger partial charge in [0.2, 0.25) is 0 Å². The maximum absolute atomic E-state index is 5.81. The fourth-order valence-corrected chi connectivity index (χ4v) is 2.04. The second-order valence-corrected chi connectivity index (χ2v) is 5.37. The van der Waals surface area contributed by atoms with Gasteiger partial charge in [0, 0.05) is 0 Å². The van der Waals surface area contributed by atoms with Crippen molar-refractivity contribution in [1.29, 1.82) is 0 Å². The van der Waals surface area contributed by atoms with Gasteiger partial charge in [0.15, 0.2) is 0 Å². The Hall–Kier alpha value is -0.380. The van der Waals surface area contributed by atoms with Crippen LogP contribution in [0.15, 0.2) is 16.8 Å². The predicted octanol–water partition coefficient (Wildman–Crippen LogP) is 3.21. The van der Waals surface area contributed by atoms with Crippen molar-refractivity contribution in [3.05, 3.63) is 22.4 Å². The lowest BCUT2D eigenvalue weighted by Gasteiger charge is -2.24. The maximum Gasteiger partial charge on any atom is 0.0668 e. The van der Waals surface area contributed by atoms with Crippen molar-refractivity contribution in [3.63, 3.8) is 0 Å². The summed E-state index contributed by atoms with van der Waals surface area (Å²) >= 11 is 1.73. The van der Waals surface area contributed by atoms with Gasteiger partial charge in [-0.25, -0.2) is 0 Å². The molecule has 1 atom stereocenters. The van der Waals surface area contributed by atoms with E-state index in [1.807, 2.05) is 0 Å². The van der Waals surface area contributed by atoms with Crippen molar-refractivity contribution < 1.29 is 4.74 Å². The van der Waals surface area contributed by atoms with Crippen LogP contribution in [0.5, 0.6) is 0 Å². The van der Waals surface area contributed by atoms with Crippen molar-refractivity contribution in [2.75, 3.05) is 13.2 Å². The summed E-state index contributed by atoms with van der Waals surface area (Å²) in [5.41, 5.74) is 1.26. The fraction of sp³-hybridized carbons (Fsp3) is 0.667. The van der Waals surface area contributed by atoms with E-state index < -0.39 is 0 Å². The van der Waals surface area contributed by atoms with Crippen LogP contribution in [0.3, 0.4) is 0 Å². The summed E-state index contributed by atoms with van der Waals surface area (Å²) in [5, 5.41) is 7.73. The summed E-state index contributed by atoms with van der Waals surface area (Å²) < 4.78 is 5.81. The van der Waals surface area contributed by atoms with Gasteiger partial charge in [0.25, 0.3) is 0 Å². The van der Waals surface area contributed by atoms with Gasteiger partial charge < -0.3 is 10.1 Å². The molecule has 15 heavy (non-hydrogen) atoms. The number of thiophene rings is 1. The molecule has 1 N–H and O–H groups in total. The van der Waals surface area contributed by atoms with Crippen LogP contribution in [0.25, 0.3) is 0 Å². The number of ether oxygens (including phenoxy) is 1. The van der Waals surface area contributed by atoms with Crippen LogP contribution in [-0.2, 0) is 4.74 Å². The largest absolute Gasteiger partial charge is 0.374 e. The Kier molecular flexibility index (Phi) is 4.77. The van der Waals surface area contributed by atoms with Gasteiger partial charge >= 0.3 is 0 Å². The molecule has 0 bridgehead atoms. The zero-order valence-electron chi connectivity index (χ0n) is 10.0. The van der Waals surface area contributed by atoms with E-state index in [0.717, 1.165) is 13.2 Å². The summed E-state index contributed by atoms with van der Waals surface area (Å²) in [6.07, 6.45) is 0. The molecule has 1 aromatic rings. The lowest BCUT2D eigenvalue weighted by molar-refractivity contribution is -0.0145. The van der Waals surface area contributed by atoms with Crippen LogP contribution in [0, 0.1) is 0 Å². The molecule has 2 nitrogen and oxygen atoms in total.